The van der Waals surface area contributed by atoms with Crippen LogP contribution in [0.2, 0.25) is 0 Å². The van der Waals surface area contributed by atoms with Crippen molar-refractivity contribution in [2.45, 2.75) is 25.7 Å². The molecule has 25 heavy (non-hydrogen) atoms. The molecule has 0 radical (unpaired) electrons. The lowest BCUT2D eigenvalue weighted by Crippen LogP contribution is -2.49. The number of nitrogens with zero attached hydrogens (tertiary/aromatic N) is 4. The van der Waals surface area contributed by atoms with Crippen LogP contribution in [0.25, 0.3) is 0 Å². The fraction of sp³-hybridized carbons (Fsp3) is 0.632. The van der Waals surface area contributed by atoms with Gasteiger partial charge in [0.15, 0.2) is 0 Å². The summed E-state index contributed by atoms with van der Waals surface area (Å²) in [5, 5.41) is 0. The average Bonchev–Trinajstić information content (AvgIpc) is 3.49. The third-order valence-corrected chi connectivity index (χ3v) is 5.66. The van der Waals surface area contributed by atoms with Crippen molar-refractivity contribution in [3.05, 3.63) is 24.4 Å². The van der Waals surface area contributed by atoms with E-state index < -0.39 is 0 Å². The summed E-state index contributed by atoms with van der Waals surface area (Å²) in [4.78, 5) is 35.8. The summed E-state index contributed by atoms with van der Waals surface area (Å²) in [6.45, 7) is 4.80. The Kier molecular flexibility index (Phi) is 4.59. The number of hydrogen-bond donors (Lipinski definition) is 0. The van der Waals surface area contributed by atoms with Gasteiger partial charge in [-0.1, -0.05) is 6.07 Å². The molecule has 0 N–H and O–H groups in total. The second kappa shape index (κ2) is 7.02. The minimum absolute atomic E-state index is 0.0561. The van der Waals surface area contributed by atoms with E-state index in [1.165, 1.54) is 6.42 Å². The number of anilines is 1. The van der Waals surface area contributed by atoms with Crippen molar-refractivity contribution < 1.29 is 9.59 Å². The summed E-state index contributed by atoms with van der Waals surface area (Å²) in [6.07, 6.45) is 5.97. The quantitative estimate of drug-likeness (QED) is 0.833. The molecule has 6 nitrogen and oxygen atoms in total. The van der Waals surface area contributed by atoms with E-state index in [4.69, 9.17) is 0 Å². The Morgan fingerprint density at radius 2 is 1.48 bits per heavy atom. The van der Waals surface area contributed by atoms with Crippen LogP contribution < -0.4 is 4.90 Å². The second-order valence-corrected chi connectivity index (χ2v) is 7.33. The van der Waals surface area contributed by atoms with Crippen LogP contribution in [0.15, 0.2) is 24.4 Å². The molecule has 1 aromatic heterocycles. The van der Waals surface area contributed by atoms with Gasteiger partial charge in [-0.05, 0) is 37.8 Å². The molecule has 4 rings (SSSR count). The summed E-state index contributed by atoms with van der Waals surface area (Å²) in [5.41, 5.74) is 0. The third-order valence-electron chi connectivity index (χ3n) is 5.66. The van der Waals surface area contributed by atoms with E-state index in [1.54, 1.807) is 6.20 Å². The van der Waals surface area contributed by atoms with Crippen molar-refractivity contribution in [1.82, 2.24) is 14.8 Å². The number of hydrogen-bond acceptors (Lipinski definition) is 4. The number of amides is 2. The first kappa shape index (κ1) is 16.4. The lowest BCUT2D eigenvalue weighted by atomic mass is 10.1. The Bertz CT molecular complexity index is 622. The summed E-state index contributed by atoms with van der Waals surface area (Å²) in [6, 6.07) is 5.91. The van der Waals surface area contributed by atoms with Gasteiger partial charge in [0.05, 0.1) is 11.8 Å². The zero-order valence-electron chi connectivity index (χ0n) is 14.6. The Labute approximate surface area is 148 Å². The smallest absolute Gasteiger partial charge is 0.226 e. The minimum Gasteiger partial charge on any atom is -0.353 e. The first-order valence-electron chi connectivity index (χ1n) is 9.47. The molecule has 1 saturated carbocycles. The fourth-order valence-corrected chi connectivity index (χ4v) is 4.02. The molecule has 134 valence electrons. The Morgan fingerprint density at radius 3 is 2.08 bits per heavy atom. The molecule has 2 amide bonds. The van der Waals surface area contributed by atoms with E-state index in [2.05, 4.69) is 9.88 Å². The van der Waals surface area contributed by atoms with E-state index in [1.807, 2.05) is 28.0 Å². The molecule has 0 aromatic carbocycles. The van der Waals surface area contributed by atoms with Gasteiger partial charge in [0.25, 0.3) is 0 Å². The Hall–Kier alpha value is -2.11. The van der Waals surface area contributed by atoms with Crippen LogP contribution in [0.3, 0.4) is 0 Å². The highest BCUT2D eigenvalue weighted by molar-refractivity contribution is 5.92. The van der Waals surface area contributed by atoms with Crippen molar-refractivity contribution in [3.8, 4) is 0 Å². The summed E-state index contributed by atoms with van der Waals surface area (Å²) >= 11 is 0. The van der Waals surface area contributed by atoms with Crippen molar-refractivity contribution in [2.24, 2.45) is 11.8 Å². The molecule has 3 aliphatic rings. The maximum absolute atomic E-state index is 12.7. The number of likely N-dealkylation sites (tertiary alicyclic amines) is 1. The van der Waals surface area contributed by atoms with Gasteiger partial charge >= 0.3 is 0 Å². The van der Waals surface area contributed by atoms with E-state index in [-0.39, 0.29) is 23.7 Å². The van der Waals surface area contributed by atoms with Gasteiger partial charge in [-0.15, -0.1) is 0 Å². The standard InChI is InChI=1S/C19H26N4O2/c24-18(22-8-4-1-5-9-22)15-14-16(15)19(25)23-12-10-21(11-13-23)17-6-2-3-7-20-17/h2-3,6-7,15-16H,1,4-5,8-14H2. The van der Waals surface area contributed by atoms with Gasteiger partial charge in [0.2, 0.25) is 11.8 Å². The normalized spacial score (nSPS) is 26.5. The summed E-state index contributed by atoms with van der Waals surface area (Å²) < 4.78 is 0. The van der Waals surface area contributed by atoms with E-state index >= 15 is 0 Å². The molecule has 6 heteroatoms. The van der Waals surface area contributed by atoms with Crippen LogP contribution >= 0.6 is 0 Å². The topological polar surface area (TPSA) is 56.8 Å². The molecule has 3 fully saturated rings. The molecular formula is C19H26N4O2. The van der Waals surface area contributed by atoms with E-state index in [9.17, 15) is 9.59 Å². The van der Waals surface area contributed by atoms with Crippen LogP contribution in [0.5, 0.6) is 0 Å². The zero-order valence-corrected chi connectivity index (χ0v) is 14.6. The maximum atomic E-state index is 12.7. The van der Waals surface area contributed by atoms with Gasteiger partial charge in [-0.2, -0.15) is 0 Å². The highest BCUT2D eigenvalue weighted by Crippen LogP contribution is 2.42. The van der Waals surface area contributed by atoms with E-state index in [0.29, 0.717) is 0 Å². The number of carbonyl (C=O) groups is 2. The number of rotatable bonds is 3. The van der Waals surface area contributed by atoms with E-state index in [0.717, 1.165) is 64.3 Å². The molecular weight excluding hydrogens is 316 g/mol. The molecule has 3 heterocycles. The average molecular weight is 342 g/mol. The van der Waals surface area contributed by atoms with Gasteiger partial charge in [-0.25, -0.2) is 4.98 Å². The molecule has 2 aliphatic heterocycles. The predicted octanol–water partition coefficient (Wildman–Crippen LogP) is 1.38. The van der Waals surface area contributed by atoms with Crippen molar-refractivity contribution in [3.63, 3.8) is 0 Å². The van der Waals surface area contributed by atoms with Gasteiger partial charge in [0, 0.05) is 45.5 Å². The minimum atomic E-state index is -0.0733. The third kappa shape index (κ3) is 3.48. The molecule has 0 bridgehead atoms. The lowest BCUT2D eigenvalue weighted by Gasteiger charge is -2.35. The van der Waals surface area contributed by atoms with Gasteiger partial charge in [0.1, 0.15) is 5.82 Å². The van der Waals surface area contributed by atoms with Crippen molar-refractivity contribution in [2.75, 3.05) is 44.2 Å². The van der Waals surface area contributed by atoms with Crippen LogP contribution in [0, 0.1) is 11.8 Å². The van der Waals surface area contributed by atoms with Crippen LogP contribution in [0.1, 0.15) is 25.7 Å². The predicted molar refractivity (Wildman–Crippen MR) is 95.1 cm³/mol. The Morgan fingerprint density at radius 1 is 0.840 bits per heavy atom. The molecule has 1 aliphatic carbocycles. The first-order chi connectivity index (χ1) is 12.2. The largest absolute Gasteiger partial charge is 0.353 e. The number of pyridine rings is 1. The second-order valence-electron chi connectivity index (χ2n) is 7.33. The zero-order chi connectivity index (χ0) is 17.2. The van der Waals surface area contributed by atoms with Crippen LogP contribution in [0.4, 0.5) is 5.82 Å². The monoisotopic (exact) mass is 342 g/mol. The molecule has 2 unspecified atom stereocenters. The number of aromatic nitrogens is 1. The number of piperidine rings is 1. The van der Waals surface area contributed by atoms with Gasteiger partial charge < -0.3 is 14.7 Å². The first-order valence-corrected chi connectivity index (χ1v) is 9.47. The molecule has 2 saturated heterocycles. The van der Waals surface area contributed by atoms with Crippen molar-refractivity contribution >= 4 is 17.6 Å². The summed E-state index contributed by atoms with van der Waals surface area (Å²) in [7, 11) is 0. The van der Waals surface area contributed by atoms with Crippen molar-refractivity contribution in [1.29, 1.82) is 0 Å². The summed E-state index contributed by atoms with van der Waals surface area (Å²) in [5.74, 6) is 1.23. The fourth-order valence-electron chi connectivity index (χ4n) is 4.02. The van der Waals surface area contributed by atoms with Crippen LogP contribution in [-0.4, -0.2) is 65.9 Å². The maximum Gasteiger partial charge on any atom is 0.226 e. The lowest BCUT2D eigenvalue weighted by molar-refractivity contribution is -0.138. The number of carbonyl (C=O) groups excluding carboxylic acids is 2. The molecule has 1 aromatic rings. The molecule has 2 atom stereocenters. The van der Waals surface area contributed by atoms with Crippen LogP contribution in [-0.2, 0) is 9.59 Å². The van der Waals surface area contributed by atoms with Gasteiger partial charge in [-0.3, -0.25) is 9.59 Å². The number of piperazine rings is 1. The SMILES string of the molecule is O=C(C1CC1C(=O)N1CCN(c2ccccn2)CC1)N1CCCCC1. The highest BCUT2D eigenvalue weighted by atomic mass is 16.2. The Balaban J connectivity index is 1.28. The molecule has 0 spiro atoms. The highest BCUT2D eigenvalue weighted by Gasteiger charge is 2.51.